The molecule has 1 aliphatic rings. The van der Waals surface area contributed by atoms with Gasteiger partial charge in [0, 0.05) is 50.5 Å². The lowest BCUT2D eigenvalue weighted by Crippen LogP contribution is -2.37. The van der Waals surface area contributed by atoms with Gasteiger partial charge in [0.05, 0.1) is 12.8 Å². The first-order chi connectivity index (χ1) is 14.5. The molecule has 1 fully saturated rings. The molecular formula is C23H27N5O2. The highest BCUT2D eigenvalue weighted by molar-refractivity contribution is 5.94. The maximum Gasteiger partial charge on any atom is 0.251 e. The normalized spacial score (nSPS) is 15.8. The number of nitrogens with zero attached hydrogens (tertiary/aromatic N) is 3. The molecule has 30 heavy (non-hydrogen) atoms. The van der Waals surface area contributed by atoms with Crippen LogP contribution in [-0.4, -0.2) is 56.4 Å². The van der Waals surface area contributed by atoms with E-state index in [9.17, 15) is 4.79 Å². The van der Waals surface area contributed by atoms with Gasteiger partial charge in [-0.1, -0.05) is 0 Å². The van der Waals surface area contributed by atoms with Crippen LogP contribution in [0.15, 0.2) is 54.6 Å². The molecule has 0 saturated carbocycles. The molecule has 0 spiro atoms. The van der Waals surface area contributed by atoms with Crippen molar-refractivity contribution < 1.29 is 9.53 Å². The molecule has 1 atom stereocenters. The van der Waals surface area contributed by atoms with E-state index in [1.54, 1.807) is 7.11 Å². The Hall–Kier alpha value is -3.48. The van der Waals surface area contributed by atoms with E-state index in [1.165, 1.54) is 0 Å². The Kier molecular flexibility index (Phi) is 5.61. The predicted molar refractivity (Wildman–Crippen MR) is 119 cm³/mol. The fraction of sp³-hybridized carbons (Fsp3) is 0.304. The Morgan fingerprint density at radius 3 is 2.57 bits per heavy atom. The van der Waals surface area contributed by atoms with Crippen LogP contribution in [0.4, 0.5) is 11.5 Å². The number of aromatic amines is 1. The Balaban J connectivity index is 1.36. The largest absolute Gasteiger partial charge is 0.497 e. The van der Waals surface area contributed by atoms with Gasteiger partial charge in [0.2, 0.25) is 0 Å². The van der Waals surface area contributed by atoms with Crippen molar-refractivity contribution in [2.45, 2.75) is 12.5 Å². The summed E-state index contributed by atoms with van der Waals surface area (Å²) in [4.78, 5) is 16.8. The van der Waals surface area contributed by atoms with Gasteiger partial charge in [0.25, 0.3) is 5.91 Å². The van der Waals surface area contributed by atoms with Gasteiger partial charge in [-0.25, -0.2) is 0 Å². The summed E-state index contributed by atoms with van der Waals surface area (Å²) in [6.07, 6.45) is 0.895. The van der Waals surface area contributed by atoms with Crippen molar-refractivity contribution in [3.05, 3.63) is 60.2 Å². The van der Waals surface area contributed by atoms with Gasteiger partial charge in [0.15, 0.2) is 5.82 Å². The van der Waals surface area contributed by atoms with Gasteiger partial charge in [-0.2, -0.15) is 5.10 Å². The highest BCUT2D eigenvalue weighted by Crippen LogP contribution is 2.26. The molecule has 1 saturated heterocycles. The summed E-state index contributed by atoms with van der Waals surface area (Å²) >= 11 is 0. The minimum atomic E-state index is -0.0342. The van der Waals surface area contributed by atoms with Gasteiger partial charge < -0.3 is 19.9 Å². The molecule has 2 heterocycles. The Labute approximate surface area is 176 Å². The Morgan fingerprint density at radius 1 is 1.17 bits per heavy atom. The predicted octanol–water partition coefficient (Wildman–Crippen LogP) is 3.16. The van der Waals surface area contributed by atoms with Crippen LogP contribution in [0.5, 0.6) is 5.75 Å². The minimum Gasteiger partial charge on any atom is -0.497 e. The molecule has 1 aromatic heterocycles. The van der Waals surface area contributed by atoms with Crippen LogP contribution >= 0.6 is 0 Å². The number of hydrogen-bond acceptors (Lipinski definition) is 5. The number of benzene rings is 2. The number of anilines is 2. The monoisotopic (exact) mass is 405 g/mol. The molecule has 156 valence electrons. The number of amides is 1. The van der Waals surface area contributed by atoms with E-state index in [0.717, 1.165) is 48.0 Å². The average Bonchev–Trinajstić information content (AvgIpc) is 3.43. The van der Waals surface area contributed by atoms with Gasteiger partial charge in [-0.15, -0.1) is 0 Å². The second-order valence-corrected chi connectivity index (χ2v) is 7.71. The van der Waals surface area contributed by atoms with Gasteiger partial charge in [-0.3, -0.25) is 9.89 Å². The number of nitrogens with one attached hydrogen (secondary N) is 2. The molecular weight excluding hydrogens is 378 g/mol. The molecule has 0 aliphatic carbocycles. The lowest BCUT2D eigenvalue weighted by Gasteiger charge is -2.16. The smallest absolute Gasteiger partial charge is 0.251 e. The Bertz CT molecular complexity index is 995. The maximum atomic E-state index is 12.6. The van der Waals surface area contributed by atoms with E-state index >= 15 is 0 Å². The first-order valence-corrected chi connectivity index (χ1v) is 10.1. The van der Waals surface area contributed by atoms with Gasteiger partial charge in [0.1, 0.15) is 5.75 Å². The fourth-order valence-electron chi connectivity index (χ4n) is 3.66. The second-order valence-electron chi connectivity index (χ2n) is 7.71. The number of ether oxygens (including phenoxy) is 1. The van der Waals surface area contributed by atoms with Crippen molar-refractivity contribution in [3.8, 4) is 17.0 Å². The van der Waals surface area contributed by atoms with Crippen molar-refractivity contribution >= 4 is 17.4 Å². The zero-order valence-electron chi connectivity index (χ0n) is 17.6. The molecule has 1 amide bonds. The van der Waals surface area contributed by atoms with Crippen molar-refractivity contribution in [1.82, 2.24) is 15.5 Å². The summed E-state index contributed by atoms with van der Waals surface area (Å²) in [6.45, 7) is 1.60. The minimum absolute atomic E-state index is 0.0342. The standard InChI is InChI=1S/C23H27N5O2/c1-27(2)19-8-4-17(5-9-19)23(29)24-18-12-13-28(15-18)22-14-21(25-26-22)16-6-10-20(30-3)11-7-16/h4-11,14,18H,12-13,15H2,1-3H3,(H,24,29)(H,25,26)/t18-/m1/s1. The molecule has 7 nitrogen and oxygen atoms in total. The molecule has 0 radical (unpaired) electrons. The summed E-state index contributed by atoms with van der Waals surface area (Å²) in [5.74, 6) is 1.69. The molecule has 1 aliphatic heterocycles. The number of carbonyl (C=O) groups is 1. The van der Waals surface area contributed by atoms with Crippen LogP contribution < -0.4 is 19.9 Å². The second kappa shape index (κ2) is 8.49. The zero-order valence-corrected chi connectivity index (χ0v) is 17.6. The first-order valence-electron chi connectivity index (χ1n) is 10.1. The molecule has 2 N–H and O–H groups in total. The number of rotatable bonds is 6. The SMILES string of the molecule is COc1ccc(-c2cc(N3CC[C@@H](NC(=O)c4ccc(N(C)C)cc4)C3)n[nH]2)cc1. The molecule has 7 heteroatoms. The van der Waals surface area contributed by atoms with Gasteiger partial charge in [-0.05, 0) is 60.5 Å². The van der Waals surface area contributed by atoms with Crippen molar-refractivity contribution in [2.75, 3.05) is 44.1 Å². The Morgan fingerprint density at radius 2 is 1.90 bits per heavy atom. The van der Waals surface area contributed by atoms with Gasteiger partial charge >= 0.3 is 0 Å². The summed E-state index contributed by atoms with van der Waals surface area (Å²) in [5.41, 5.74) is 3.77. The highest BCUT2D eigenvalue weighted by Gasteiger charge is 2.26. The fourth-order valence-corrected chi connectivity index (χ4v) is 3.66. The molecule has 3 aromatic rings. The topological polar surface area (TPSA) is 73.5 Å². The number of aromatic nitrogens is 2. The van der Waals surface area contributed by atoms with Crippen LogP contribution in [0, 0.1) is 0 Å². The lowest BCUT2D eigenvalue weighted by molar-refractivity contribution is 0.0940. The van der Waals surface area contributed by atoms with E-state index in [0.29, 0.717) is 5.56 Å². The number of methoxy groups -OCH3 is 1. The maximum absolute atomic E-state index is 12.6. The van der Waals surface area contributed by atoms with E-state index in [1.807, 2.05) is 73.6 Å². The summed E-state index contributed by atoms with van der Waals surface area (Å²) < 4.78 is 5.21. The van der Waals surface area contributed by atoms with E-state index in [-0.39, 0.29) is 11.9 Å². The molecule has 0 bridgehead atoms. The number of hydrogen-bond donors (Lipinski definition) is 2. The summed E-state index contributed by atoms with van der Waals surface area (Å²) in [5, 5.41) is 10.7. The number of H-pyrrole nitrogens is 1. The third kappa shape index (κ3) is 4.25. The van der Waals surface area contributed by atoms with Crippen LogP contribution in [0.25, 0.3) is 11.3 Å². The van der Waals surface area contributed by atoms with Crippen LogP contribution in [0.3, 0.4) is 0 Å². The third-order valence-corrected chi connectivity index (χ3v) is 5.46. The van der Waals surface area contributed by atoms with Crippen LogP contribution in [0.2, 0.25) is 0 Å². The first kappa shape index (κ1) is 19.8. The molecule has 4 rings (SSSR count). The quantitative estimate of drug-likeness (QED) is 0.659. The summed E-state index contributed by atoms with van der Waals surface area (Å²) in [6, 6.07) is 17.7. The van der Waals surface area contributed by atoms with Crippen molar-refractivity contribution in [3.63, 3.8) is 0 Å². The summed E-state index contributed by atoms with van der Waals surface area (Å²) in [7, 11) is 5.62. The van der Waals surface area contributed by atoms with Crippen LogP contribution in [-0.2, 0) is 0 Å². The average molecular weight is 406 g/mol. The zero-order chi connectivity index (χ0) is 21.1. The van der Waals surface area contributed by atoms with Crippen molar-refractivity contribution in [2.24, 2.45) is 0 Å². The van der Waals surface area contributed by atoms with E-state index < -0.39 is 0 Å². The van der Waals surface area contributed by atoms with Crippen molar-refractivity contribution in [1.29, 1.82) is 0 Å². The molecule has 0 unspecified atom stereocenters. The van der Waals surface area contributed by atoms with Crippen LogP contribution in [0.1, 0.15) is 16.8 Å². The molecule has 2 aromatic carbocycles. The highest BCUT2D eigenvalue weighted by atomic mass is 16.5. The third-order valence-electron chi connectivity index (χ3n) is 5.46. The van der Waals surface area contributed by atoms with E-state index in [2.05, 4.69) is 20.4 Å². The number of carbonyl (C=O) groups excluding carboxylic acids is 1. The van der Waals surface area contributed by atoms with E-state index in [4.69, 9.17) is 4.74 Å². The lowest BCUT2D eigenvalue weighted by atomic mass is 10.1.